The van der Waals surface area contributed by atoms with Gasteiger partial charge in [0.1, 0.15) is 0 Å². The number of nitrogens with zero attached hydrogens (tertiary/aromatic N) is 2. The van der Waals surface area contributed by atoms with Crippen LogP contribution in [0.5, 0.6) is 0 Å². The third-order valence-corrected chi connectivity index (χ3v) is 3.36. The Labute approximate surface area is 119 Å². The maximum Gasteiger partial charge on any atom is 0.315 e. The molecule has 5 heteroatoms. The van der Waals surface area contributed by atoms with Crippen molar-refractivity contribution in [1.29, 1.82) is 0 Å². The highest BCUT2D eigenvalue weighted by Gasteiger charge is 2.11. The topological polar surface area (TPSA) is 59.0 Å². The average Bonchev–Trinajstić information content (AvgIpc) is 2.82. The standard InChI is InChI=1S/C15H20N4O/c1-11-6-4-5-7-14(11)12(2)18-15(20)16-10-13-8-9-17-19(13)3/h4-9,12H,10H2,1-3H3,(H2,16,18,20). The second-order valence-corrected chi connectivity index (χ2v) is 4.85. The van der Waals surface area contributed by atoms with Gasteiger partial charge in [0.05, 0.1) is 18.3 Å². The summed E-state index contributed by atoms with van der Waals surface area (Å²) in [7, 11) is 1.85. The molecular formula is C15H20N4O. The number of carbonyl (C=O) groups excluding carboxylic acids is 1. The Morgan fingerprint density at radius 1 is 1.35 bits per heavy atom. The Kier molecular flexibility index (Phi) is 4.40. The first kappa shape index (κ1) is 14.1. The van der Waals surface area contributed by atoms with Crippen molar-refractivity contribution in [3.05, 3.63) is 53.3 Å². The fraction of sp³-hybridized carbons (Fsp3) is 0.333. The van der Waals surface area contributed by atoms with E-state index in [1.165, 1.54) is 5.56 Å². The zero-order valence-corrected chi connectivity index (χ0v) is 12.1. The van der Waals surface area contributed by atoms with E-state index in [1.807, 2.05) is 51.2 Å². The van der Waals surface area contributed by atoms with Crippen LogP contribution in [-0.4, -0.2) is 15.8 Å². The molecule has 0 spiro atoms. The molecule has 0 saturated carbocycles. The van der Waals surface area contributed by atoms with Crippen molar-refractivity contribution in [3.63, 3.8) is 0 Å². The van der Waals surface area contributed by atoms with Gasteiger partial charge in [-0.15, -0.1) is 0 Å². The second kappa shape index (κ2) is 6.23. The van der Waals surface area contributed by atoms with Gasteiger partial charge in [-0.25, -0.2) is 4.79 Å². The van der Waals surface area contributed by atoms with Gasteiger partial charge < -0.3 is 10.6 Å². The summed E-state index contributed by atoms with van der Waals surface area (Å²) in [5, 5.41) is 9.83. The van der Waals surface area contributed by atoms with Gasteiger partial charge in [-0.05, 0) is 31.0 Å². The third kappa shape index (κ3) is 3.38. The van der Waals surface area contributed by atoms with Gasteiger partial charge in [0.2, 0.25) is 0 Å². The molecule has 2 N–H and O–H groups in total. The third-order valence-electron chi connectivity index (χ3n) is 3.36. The maximum absolute atomic E-state index is 11.9. The lowest BCUT2D eigenvalue weighted by atomic mass is 10.0. The summed E-state index contributed by atoms with van der Waals surface area (Å²) in [6.45, 7) is 4.48. The molecule has 20 heavy (non-hydrogen) atoms. The molecule has 5 nitrogen and oxygen atoms in total. The van der Waals surface area contributed by atoms with Gasteiger partial charge >= 0.3 is 6.03 Å². The Morgan fingerprint density at radius 2 is 2.10 bits per heavy atom. The van der Waals surface area contributed by atoms with Gasteiger partial charge in [-0.3, -0.25) is 4.68 Å². The molecule has 1 unspecified atom stereocenters. The number of carbonyl (C=O) groups is 1. The summed E-state index contributed by atoms with van der Waals surface area (Å²) < 4.78 is 1.74. The van der Waals surface area contributed by atoms with E-state index in [2.05, 4.69) is 15.7 Å². The molecule has 1 heterocycles. The van der Waals surface area contributed by atoms with E-state index in [0.717, 1.165) is 11.3 Å². The molecule has 0 radical (unpaired) electrons. The summed E-state index contributed by atoms with van der Waals surface area (Å²) in [5.41, 5.74) is 3.26. The summed E-state index contributed by atoms with van der Waals surface area (Å²) >= 11 is 0. The zero-order valence-electron chi connectivity index (χ0n) is 12.1. The summed E-state index contributed by atoms with van der Waals surface area (Å²) in [6, 6.07) is 9.72. The molecule has 0 aliphatic heterocycles. The molecule has 106 valence electrons. The van der Waals surface area contributed by atoms with Gasteiger partial charge in [0, 0.05) is 13.2 Å². The van der Waals surface area contributed by atoms with Crippen molar-refractivity contribution in [1.82, 2.24) is 20.4 Å². The summed E-state index contributed by atoms with van der Waals surface area (Å²) in [6.07, 6.45) is 1.71. The maximum atomic E-state index is 11.9. The van der Waals surface area contributed by atoms with E-state index in [1.54, 1.807) is 10.9 Å². The van der Waals surface area contributed by atoms with Crippen LogP contribution in [0.3, 0.4) is 0 Å². The molecule has 2 rings (SSSR count). The summed E-state index contributed by atoms with van der Waals surface area (Å²) in [5.74, 6) is 0. The minimum absolute atomic E-state index is 0.0252. The minimum atomic E-state index is -0.179. The Morgan fingerprint density at radius 3 is 2.75 bits per heavy atom. The predicted octanol–water partition coefficient (Wildman–Crippen LogP) is 2.29. The fourth-order valence-electron chi connectivity index (χ4n) is 2.14. The first-order valence-corrected chi connectivity index (χ1v) is 6.64. The van der Waals surface area contributed by atoms with Gasteiger partial charge in [0.25, 0.3) is 0 Å². The van der Waals surface area contributed by atoms with Crippen LogP contribution in [0, 0.1) is 6.92 Å². The quantitative estimate of drug-likeness (QED) is 0.897. The molecule has 1 atom stereocenters. The number of aryl methyl sites for hydroxylation is 2. The lowest BCUT2D eigenvalue weighted by Gasteiger charge is -2.17. The number of urea groups is 1. The van der Waals surface area contributed by atoms with Gasteiger partial charge in [0.15, 0.2) is 0 Å². The van der Waals surface area contributed by atoms with Crippen LogP contribution >= 0.6 is 0 Å². The largest absolute Gasteiger partial charge is 0.333 e. The predicted molar refractivity (Wildman–Crippen MR) is 78.2 cm³/mol. The number of nitrogens with one attached hydrogen (secondary N) is 2. The van der Waals surface area contributed by atoms with Crippen molar-refractivity contribution >= 4 is 6.03 Å². The highest BCUT2D eigenvalue weighted by atomic mass is 16.2. The monoisotopic (exact) mass is 272 g/mol. The van der Waals surface area contributed by atoms with E-state index >= 15 is 0 Å². The highest BCUT2D eigenvalue weighted by Crippen LogP contribution is 2.16. The second-order valence-electron chi connectivity index (χ2n) is 4.85. The average molecular weight is 272 g/mol. The van der Waals surface area contributed by atoms with Crippen molar-refractivity contribution in [2.75, 3.05) is 0 Å². The van der Waals surface area contributed by atoms with Crippen LogP contribution in [0.4, 0.5) is 4.79 Å². The van der Waals surface area contributed by atoms with Crippen LogP contribution in [0.1, 0.15) is 29.8 Å². The summed E-state index contributed by atoms with van der Waals surface area (Å²) in [4.78, 5) is 11.9. The van der Waals surface area contributed by atoms with Crippen LogP contribution < -0.4 is 10.6 Å². The molecule has 0 fully saturated rings. The van der Waals surface area contributed by atoms with Crippen LogP contribution in [0.15, 0.2) is 36.5 Å². The Bertz CT molecular complexity index is 591. The Balaban J connectivity index is 1.88. The van der Waals surface area contributed by atoms with Crippen LogP contribution in [0.25, 0.3) is 0 Å². The van der Waals surface area contributed by atoms with Crippen LogP contribution in [-0.2, 0) is 13.6 Å². The molecular weight excluding hydrogens is 252 g/mol. The molecule has 1 aromatic heterocycles. The van der Waals surface area contributed by atoms with E-state index in [4.69, 9.17) is 0 Å². The smallest absolute Gasteiger partial charge is 0.315 e. The normalized spacial score (nSPS) is 11.9. The van der Waals surface area contributed by atoms with Gasteiger partial charge in [-0.1, -0.05) is 24.3 Å². The molecule has 1 aromatic carbocycles. The van der Waals surface area contributed by atoms with Gasteiger partial charge in [-0.2, -0.15) is 5.10 Å². The van der Waals surface area contributed by atoms with Crippen molar-refractivity contribution in [3.8, 4) is 0 Å². The molecule has 0 aliphatic rings. The number of aromatic nitrogens is 2. The van der Waals surface area contributed by atoms with Crippen molar-refractivity contribution in [2.24, 2.45) is 7.05 Å². The molecule has 2 aromatic rings. The lowest BCUT2D eigenvalue weighted by molar-refractivity contribution is 0.237. The lowest BCUT2D eigenvalue weighted by Crippen LogP contribution is -2.37. The van der Waals surface area contributed by atoms with E-state index in [-0.39, 0.29) is 12.1 Å². The number of amides is 2. The zero-order chi connectivity index (χ0) is 14.5. The first-order valence-electron chi connectivity index (χ1n) is 6.64. The number of benzene rings is 1. The van der Waals surface area contributed by atoms with E-state index < -0.39 is 0 Å². The van der Waals surface area contributed by atoms with E-state index in [9.17, 15) is 4.79 Å². The van der Waals surface area contributed by atoms with Crippen LogP contribution in [0.2, 0.25) is 0 Å². The molecule has 0 bridgehead atoms. The first-order chi connectivity index (χ1) is 9.58. The SMILES string of the molecule is Cc1ccccc1C(C)NC(=O)NCc1ccnn1C. The fourth-order valence-corrected chi connectivity index (χ4v) is 2.14. The van der Waals surface area contributed by atoms with E-state index in [0.29, 0.717) is 6.54 Å². The van der Waals surface area contributed by atoms with Crippen molar-refractivity contribution < 1.29 is 4.79 Å². The highest BCUT2D eigenvalue weighted by molar-refractivity contribution is 5.74. The Hall–Kier alpha value is -2.30. The van der Waals surface area contributed by atoms with Crippen molar-refractivity contribution in [2.45, 2.75) is 26.4 Å². The molecule has 0 saturated heterocycles. The number of hydrogen-bond donors (Lipinski definition) is 2. The minimum Gasteiger partial charge on any atom is -0.333 e. The number of rotatable bonds is 4. The molecule has 0 aliphatic carbocycles. The molecule has 2 amide bonds. The number of hydrogen-bond acceptors (Lipinski definition) is 2.